The van der Waals surface area contributed by atoms with Crippen LogP contribution in [0.15, 0.2) is 12.1 Å². The Labute approximate surface area is 147 Å². The lowest BCUT2D eigenvalue weighted by atomic mass is 10.0. The van der Waals surface area contributed by atoms with Crippen molar-refractivity contribution in [2.45, 2.75) is 39.2 Å². The van der Waals surface area contributed by atoms with Gasteiger partial charge in [0.1, 0.15) is 0 Å². The van der Waals surface area contributed by atoms with Gasteiger partial charge < -0.3 is 4.90 Å². The summed E-state index contributed by atoms with van der Waals surface area (Å²) in [5.74, 6) is 0.139. The molecule has 1 saturated heterocycles. The molecular formula is C15H22ClN3O4S. The normalized spacial score (nSPS) is 16.4. The molecule has 1 aliphatic heterocycles. The zero-order chi connectivity index (χ0) is 17.9. The molecule has 7 nitrogen and oxygen atoms in total. The monoisotopic (exact) mass is 375 g/mol. The fourth-order valence-corrected chi connectivity index (χ4v) is 4.81. The van der Waals surface area contributed by atoms with Gasteiger partial charge in [0.05, 0.1) is 21.4 Å². The number of hydrogen-bond acceptors (Lipinski definition) is 5. The molecule has 0 aliphatic carbocycles. The third-order valence-electron chi connectivity index (χ3n) is 4.08. The summed E-state index contributed by atoms with van der Waals surface area (Å²) in [7, 11) is -3.21. The van der Waals surface area contributed by atoms with Crippen LogP contribution in [0.5, 0.6) is 0 Å². The molecule has 0 unspecified atom stereocenters. The second-order valence-electron chi connectivity index (χ2n) is 6.05. The van der Waals surface area contributed by atoms with Crippen LogP contribution in [-0.4, -0.2) is 38.2 Å². The number of hydrogen-bond donors (Lipinski definition) is 1. The zero-order valence-corrected chi connectivity index (χ0v) is 15.4. The van der Waals surface area contributed by atoms with E-state index in [1.807, 2.05) is 6.92 Å². The van der Waals surface area contributed by atoms with Crippen LogP contribution in [0.4, 0.5) is 11.4 Å². The number of nitrogens with zero attached hydrogens (tertiary/aromatic N) is 2. The molecule has 0 spiro atoms. The van der Waals surface area contributed by atoms with Crippen molar-refractivity contribution in [1.82, 2.24) is 4.72 Å². The largest absolute Gasteiger partial charge is 0.370 e. The number of anilines is 1. The van der Waals surface area contributed by atoms with Crippen LogP contribution in [0.2, 0.25) is 5.02 Å². The van der Waals surface area contributed by atoms with Gasteiger partial charge >= 0.3 is 0 Å². The lowest BCUT2D eigenvalue weighted by Crippen LogP contribution is -2.45. The summed E-state index contributed by atoms with van der Waals surface area (Å²) in [6.07, 6.45) is 1.94. The maximum atomic E-state index is 11.9. The third kappa shape index (κ3) is 4.58. The molecule has 1 aromatic rings. The third-order valence-corrected chi connectivity index (χ3v) is 6.01. The summed E-state index contributed by atoms with van der Waals surface area (Å²) in [6, 6.07) is 2.80. The van der Waals surface area contributed by atoms with E-state index in [2.05, 4.69) is 9.62 Å². The Hall–Kier alpha value is -1.38. The van der Waals surface area contributed by atoms with Crippen molar-refractivity contribution >= 4 is 33.0 Å². The molecule has 1 aliphatic rings. The Bertz CT molecular complexity index is 692. The highest BCUT2D eigenvalue weighted by molar-refractivity contribution is 7.89. The molecule has 1 N–H and O–H groups in total. The van der Waals surface area contributed by atoms with E-state index >= 15 is 0 Å². The summed E-state index contributed by atoms with van der Waals surface area (Å²) in [4.78, 5) is 12.5. The predicted molar refractivity (Wildman–Crippen MR) is 95.3 cm³/mol. The van der Waals surface area contributed by atoms with Crippen LogP contribution in [-0.2, 0) is 10.0 Å². The first-order valence-corrected chi connectivity index (χ1v) is 9.96. The fraction of sp³-hybridized carbons (Fsp3) is 0.600. The van der Waals surface area contributed by atoms with Gasteiger partial charge in [0, 0.05) is 31.3 Å². The molecule has 0 atom stereocenters. The number of aryl methyl sites for hydroxylation is 1. The van der Waals surface area contributed by atoms with Crippen LogP contribution in [0.25, 0.3) is 0 Å². The average molecular weight is 376 g/mol. The number of rotatable bonds is 6. The standard InChI is InChI=1S/C15H22ClN3O4S/c1-3-8-24(22,23)17-12-4-6-18(7-5-12)15-11(2)9-13(19(20)21)10-14(15)16/h9-10,12,17H,3-8H2,1-2H3. The van der Waals surface area contributed by atoms with E-state index in [0.717, 1.165) is 11.3 Å². The molecule has 1 aromatic carbocycles. The number of non-ortho nitro benzene ring substituents is 1. The number of piperidine rings is 1. The van der Waals surface area contributed by atoms with E-state index in [9.17, 15) is 18.5 Å². The van der Waals surface area contributed by atoms with Crippen LogP contribution in [0.3, 0.4) is 0 Å². The predicted octanol–water partition coefficient (Wildman–Crippen LogP) is 2.85. The Morgan fingerprint density at radius 3 is 2.50 bits per heavy atom. The quantitative estimate of drug-likeness (QED) is 0.609. The summed E-state index contributed by atoms with van der Waals surface area (Å²) in [6.45, 7) is 4.93. The van der Waals surface area contributed by atoms with E-state index in [1.165, 1.54) is 12.1 Å². The molecule has 0 saturated carbocycles. The number of nitro benzene ring substituents is 1. The van der Waals surface area contributed by atoms with Crippen LogP contribution in [0, 0.1) is 17.0 Å². The van der Waals surface area contributed by atoms with Gasteiger partial charge in [-0.2, -0.15) is 0 Å². The summed E-state index contributed by atoms with van der Waals surface area (Å²) in [5.41, 5.74) is 1.51. The molecular weight excluding hydrogens is 354 g/mol. The van der Waals surface area contributed by atoms with Gasteiger partial charge in [-0.1, -0.05) is 18.5 Å². The fourth-order valence-electron chi connectivity index (χ4n) is 3.03. The second kappa shape index (κ2) is 7.67. The lowest BCUT2D eigenvalue weighted by Gasteiger charge is -2.35. The van der Waals surface area contributed by atoms with Crippen molar-refractivity contribution in [3.05, 3.63) is 32.8 Å². The van der Waals surface area contributed by atoms with Gasteiger partial charge in [-0.05, 0) is 31.7 Å². The van der Waals surface area contributed by atoms with Crippen molar-refractivity contribution < 1.29 is 13.3 Å². The zero-order valence-electron chi connectivity index (χ0n) is 13.8. The summed E-state index contributed by atoms with van der Waals surface area (Å²) < 4.78 is 26.4. The second-order valence-corrected chi connectivity index (χ2v) is 8.33. The van der Waals surface area contributed by atoms with Gasteiger partial charge in [0.15, 0.2) is 0 Å². The molecule has 1 heterocycles. The molecule has 2 rings (SSSR count). The number of sulfonamides is 1. The highest BCUT2D eigenvalue weighted by Gasteiger charge is 2.26. The van der Waals surface area contributed by atoms with Gasteiger partial charge in [-0.25, -0.2) is 13.1 Å². The van der Waals surface area contributed by atoms with Crippen LogP contribution >= 0.6 is 11.6 Å². The van der Waals surface area contributed by atoms with Crippen LogP contribution < -0.4 is 9.62 Å². The highest BCUT2D eigenvalue weighted by atomic mass is 35.5. The van der Waals surface area contributed by atoms with Gasteiger partial charge in [0.2, 0.25) is 10.0 Å². The van der Waals surface area contributed by atoms with E-state index in [0.29, 0.717) is 37.4 Å². The van der Waals surface area contributed by atoms with Crippen molar-refractivity contribution in [3.63, 3.8) is 0 Å². The lowest BCUT2D eigenvalue weighted by molar-refractivity contribution is -0.384. The maximum absolute atomic E-state index is 11.9. The molecule has 0 amide bonds. The topological polar surface area (TPSA) is 92.6 Å². The molecule has 0 aromatic heterocycles. The van der Waals surface area contributed by atoms with Gasteiger partial charge in [-0.15, -0.1) is 0 Å². The summed E-state index contributed by atoms with van der Waals surface area (Å²) >= 11 is 6.24. The van der Waals surface area contributed by atoms with Gasteiger partial charge in [-0.3, -0.25) is 10.1 Å². The van der Waals surface area contributed by atoms with Crippen molar-refractivity contribution in [3.8, 4) is 0 Å². The average Bonchev–Trinajstić information content (AvgIpc) is 2.47. The first kappa shape index (κ1) is 19.0. The molecule has 9 heteroatoms. The Kier molecular flexibility index (Phi) is 6.06. The minimum absolute atomic E-state index is 0.0246. The van der Waals surface area contributed by atoms with Crippen molar-refractivity contribution in [2.24, 2.45) is 0 Å². The number of benzene rings is 1. The van der Waals surface area contributed by atoms with E-state index in [1.54, 1.807) is 6.92 Å². The number of nitro groups is 1. The van der Waals surface area contributed by atoms with Gasteiger partial charge in [0.25, 0.3) is 5.69 Å². The molecule has 0 bridgehead atoms. The highest BCUT2D eigenvalue weighted by Crippen LogP contribution is 2.35. The van der Waals surface area contributed by atoms with Crippen molar-refractivity contribution in [1.29, 1.82) is 0 Å². The smallest absolute Gasteiger partial charge is 0.271 e. The maximum Gasteiger partial charge on any atom is 0.271 e. The van der Waals surface area contributed by atoms with E-state index in [-0.39, 0.29) is 17.5 Å². The Morgan fingerprint density at radius 1 is 1.38 bits per heavy atom. The molecule has 0 radical (unpaired) electrons. The Morgan fingerprint density at radius 2 is 2.00 bits per heavy atom. The first-order valence-electron chi connectivity index (χ1n) is 7.93. The summed E-state index contributed by atoms with van der Waals surface area (Å²) in [5, 5.41) is 11.2. The number of nitrogens with one attached hydrogen (secondary N) is 1. The van der Waals surface area contributed by atoms with E-state index in [4.69, 9.17) is 11.6 Å². The number of halogens is 1. The Balaban J connectivity index is 2.06. The SMILES string of the molecule is CCCS(=O)(=O)NC1CCN(c2c(C)cc([N+](=O)[O-])cc2Cl)CC1. The van der Waals surface area contributed by atoms with E-state index < -0.39 is 14.9 Å². The minimum Gasteiger partial charge on any atom is -0.370 e. The minimum atomic E-state index is -3.21. The molecule has 24 heavy (non-hydrogen) atoms. The first-order chi connectivity index (χ1) is 11.2. The molecule has 1 fully saturated rings. The van der Waals surface area contributed by atoms with Crippen LogP contribution in [0.1, 0.15) is 31.7 Å². The van der Waals surface area contributed by atoms with Crippen molar-refractivity contribution in [2.75, 3.05) is 23.7 Å². The molecule has 134 valence electrons.